The van der Waals surface area contributed by atoms with Crippen LogP contribution in [0.25, 0.3) is 0 Å². The summed E-state index contributed by atoms with van der Waals surface area (Å²) in [4.78, 5) is 14.0. The first-order chi connectivity index (χ1) is 7.69. The average Bonchev–Trinajstić information content (AvgIpc) is 2.30. The lowest BCUT2D eigenvalue weighted by molar-refractivity contribution is -0.137. The fraction of sp³-hybridized carbons (Fsp3) is 0.917. The van der Waals surface area contributed by atoms with Gasteiger partial charge >= 0.3 is 0 Å². The van der Waals surface area contributed by atoms with E-state index in [2.05, 4.69) is 5.32 Å². The van der Waals surface area contributed by atoms with E-state index in [1.807, 2.05) is 25.8 Å². The van der Waals surface area contributed by atoms with E-state index in [0.29, 0.717) is 6.10 Å². The minimum Gasteiger partial charge on any atom is -0.378 e. The normalized spacial score (nSPS) is 19.8. The summed E-state index contributed by atoms with van der Waals surface area (Å²) in [5, 5.41) is 3.04. The fourth-order valence-electron chi connectivity index (χ4n) is 2.18. The molecule has 16 heavy (non-hydrogen) atoms. The molecule has 1 saturated heterocycles. The third-order valence-corrected chi connectivity index (χ3v) is 3.09. The average molecular weight is 228 g/mol. The summed E-state index contributed by atoms with van der Waals surface area (Å²) in [5.41, 5.74) is 0. The van der Waals surface area contributed by atoms with Gasteiger partial charge in [-0.2, -0.15) is 0 Å². The van der Waals surface area contributed by atoms with Gasteiger partial charge in [-0.25, -0.2) is 0 Å². The van der Waals surface area contributed by atoms with Crippen LogP contribution in [0.5, 0.6) is 0 Å². The Bertz CT molecular complexity index is 213. The molecule has 1 unspecified atom stereocenters. The van der Waals surface area contributed by atoms with Crippen LogP contribution in [-0.2, 0) is 9.53 Å². The van der Waals surface area contributed by atoms with Crippen LogP contribution >= 0.6 is 0 Å². The maximum absolute atomic E-state index is 12.0. The van der Waals surface area contributed by atoms with Crippen LogP contribution in [0, 0.1) is 5.92 Å². The van der Waals surface area contributed by atoms with Crippen LogP contribution in [0.4, 0.5) is 0 Å². The van der Waals surface area contributed by atoms with E-state index in [0.717, 1.165) is 39.1 Å². The van der Waals surface area contributed by atoms with E-state index < -0.39 is 0 Å². The number of piperidine rings is 1. The Balaban J connectivity index is 2.32. The van der Waals surface area contributed by atoms with Crippen LogP contribution < -0.4 is 5.32 Å². The molecule has 1 fully saturated rings. The molecule has 1 aliphatic heterocycles. The minimum absolute atomic E-state index is 0.0774. The molecule has 1 atom stereocenters. The number of amides is 1. The first-order valence-corrected chi connectivity index (χ1v) is 6.24. The zero-order chi connectivity index (χ0) is 12.0. The summed E-state index contributed by atoms with van der Waals surface area (Å²) in [6.07, 6.45) is 2.31. The first-order valence-electron chi connectivity index (χ1n) is 6.24. The molecule has 0 radical (unpaired) electrons. The Kier molecular flexibility index (Phi) is 5.77. The van der Waals surface area contributed by atoms with E-state index in [-0.39, 0.29) is 11.8 Å². The maximum Gasteiger partial charge on any atom is 0.226 e. The number of carbonyl (C=O) groups is 1. The molecule has 1 N–H and O–H groups in total. The van der Waals surface area contributed by atoms with Gasteiger partial charge < -0.3 is 15.0 Å². The maximum atomic E-state index is 12.0. The summed E-state index contributed by atoms with van der Waals surface area (Å²) in [7, 11) is 1.88. The van der Waals surface area contributed by atoms with Gasteiger partial charge in [-0.15, -0.1) is 0 Å². The quantitative estimate of drug-likeness (QED) is 0.759. The van der Waals surface area contributed by atoms with Gasteiger partial charge in [0.2, 0.25) is 5.91 Å². The van der Waals surface area contributed by atoms with Crippen LogP contribution in [0.2, 0.25) is 0 Å². The Hall–Kier alpha value is -0.610. The number of rotatable bonds is 5. The molecule has 0 aromatic rings. The number of nitrogens with one attached hydrogen (secondary N) is 1. The van der Waals surface area contributed by atoms with Crippen molar-refractivity contribution in [3.63, 3.8) is 0 Å². The molecule has 1 heterocycles. The van der Waals surface area contributed by atoms with Crippen molar-refractivity contribution in [2.75, 3.05) is 33.3 Å². The van der Waals surface area contributed by atoms with Crippen LogP contribution in [0.1, 0.15) is 26.7 Å². The molecule has 94 valence electrons. The van der Waals surface area contributed by atoms with Crippen LogP contribution in [0.3, 0.4) is 0 Å². The molecule has 0 aliphatic carbocycles. The van der Waals surface area contributed by atoms with Gasteiger partial charge in [0.25, 0.3) is 0 Å². The van der Waals surface area contributed by atoms with E-state index in [4.69, 9.17) is 4.74 Å². The van der Waals surface area contributed by atoms with Crippen molar-refractivity contribution in [1.82, 2.24) is 10.2 Å². The lowest BCUT2D eigenvalue weighted by Crippen LogP contribution is -2.44. The van der Waals surface area contributed by atoms with Gasteiger partial charge in [-0.3, -0.25) is 4.79 Å². The second-order valence-corrected chi connectivity index (χ2v) is 4.44. The topological polar surface area (TPSA) is 41.6 Å². The zero-order valence-electron chi connectivity index (χ0n) is 10.7. The van der Waals surface area contributed by atoms with E-state index in [1.54, 1.807) is 0 Å². The van der Waals surface area contributed by atoms with Crippen LogP contribution in [0.15, 0.2) is 0 Å². The highest BCUT2D eigenvalue weighted by atomic mass is 16.5. The van der Waals surface area contributed by atoms with Gasteiger partial charge in [0.15, 0.2) is 0 Å². The molecular formula is C12H24N2O2. The summed E-state index contributed by atoms with van der Waals surface area (Å²) in [5.74, 6) is 0.345. The largest absolute Gasteiger partial charge is 0.378 e. The molecule has 1 aliphatic rings. The monoisotopic (exact) mass is 228 g/mol. The van der Waals surface area contributed by atoms with E-state index in [9.17, 15) is 4.79 Å². The molecule has 4 nitrogen and oxygen atoms in total. The highest BCUT2D eigenvalue weighted by molar-refractivity contribution is 5.78. The van der Waals surface area contributed by atoms with Crippen LogP contribution in [-0.4, -0.2) is 50.2 Å². The lowest BCUT2D eigenvalue weighted by atomic mass is 10.0. The summed E-state index contributed by atoms with van der Waals surface area (Å²) < 4.78 is 5.57. The smallest absolute Gasteiger partial charge is 0.226 e. The number of likely N-dealkylation sites (tertiary alicyclic amines) is 1. The highest BCUT2D eigenvalue weighted by Crippen LogP contribution is 2.15. The Morgan fingerprint density at radius 3 is 2.62 bits per heavy atom. The standard InChI is InChI=1S/C12H24N2O2/c1-4-16-11-5-7-14(8-6-11)12(15)10(2)9-13-3/h10-11,13H,4-9H2,1-3H3. The van der Waals surface area contributed by atoms with Crippen molar-refractivity contribution in [2.45, 2.75) is 32.8 Å². The van der Waals surface area contributed by atoms with Crippen molar-refractivity contribution in [2.24, 2.45) is 5.92 Å². The number of carbonyl (C=O) groups excluding carboxylic acids is 1. The molecule has 0 saturated carbocycles. The minimum atomic E-state index is 0.0774. The van der Waals surface area contributed by atoms with Gasteiger partial charge in [-0.1, -0.05) is 6.92 Å². The molecule has 4 heteroatoms. The SMILES string of the molecule is CCOC1CCN(C(=O)C(C)CNC)CC1. The number of nitrogens with zero attached hydrogens (tertiary/aromatic N) is 1. The van der Waals surface area contributed by atoms with Crippen molar-refractivity contribution in [1.29, 1.82) is 0 Å². The molecule has 0 bridgehead atoms. The first kappa shape index (κ1) is 13.5. The summed E-state index contributed by atoms with van der Waals surface area (Å²) in [6.45, 7) is 7.22. The molecule has 1 rings (SSSR count). The predicted octanol–water partition coefficient (Wildman–Crippen LogP) is 0.869. The van der Waals surface area contributed by atoms with Crippen molar-refractivity contribution >= 4 is 5.91 Å². The molecular weight excluding hydrogens is 204 g/mol. The van der Waals surface area contributed by atoms with Gasteiger partial charge in [0.1, 0.15) is 0 Å². The van der Waals surface area contributed by atoms with Gasteiger partial charge in [0.05, 0.1) is 6.10 Å². The Morgan fingerprint density at radius 2 is 2.12 bits per heavy atom. The molecule has 0 spiro atoms. The highest BCUT2D eigenvalue weighted by Gasteiger charge is 2.25. The number of hydrogen-bond donors (Lipinski definition) is 1. The fourth-order valence-corrected chi connectivity index (χ4v) is 2.18. The predicted molar refractivity (Wildman–Crippen MR) is 64.3 cm³/mol. The summed E-state index contributed by atoms with van der Waals surface area (Å²) >= 11 is 0. The zero-order valence-corrected chi connectivity index (χ0v) is 10.7. The second kappa shape index (κ2) is 6.86. The summed E-state index contributed by atoms with van der Waals surface area (Å²) in [6, 6.07) is 0. The van der Waals surface area contributed by atoms with Gasteiger partial charge in [0, 0.05) is 32.2 Å². The Morgan fingerprint density at radius 1 is 1.50 bits per heavy atom. The Labute approximate surface area is 98.3 Å². The van der Waals surface area contributed by atoms with E-state index >= 15 is 0 Å². The van der Waals surface area contributed by atoms with Gasteiger partial charge in [-0.05, 0) is 26.8 Å². The van der Waals surface area contributed by atoms with E-state index in [1.165, 1.54) is 0 Å². The molecule has 1 amide bonds. The van der Waals surface area contributed by atoms with Crippen molar-refractivity contribution < 1.29 is 9.53 Å². The lowest BCUT2D eigenvalue weighted by Gasteiger charge is -2.33. The third-order valence-electron chi connectivity index (χ3n) is 3.09. The molecule has 0 aromatic carbocycles. The number of hydrogen-bond acceptors (Lipinski definition) is 3. The van der Waals surface area contributed by atoms with Crippen molar-refractivity contribution in [3.8, 4) is 0 Å². The third kappa shape index (κ3) is 3.76. The second-order valence-electron chi connectivity index (χ2n) is 4.44. The number of ether oxygens (including phenoxy) is 1. The van der Waals surface area contributed by atoms with Crippen molar-refractivity contribution in [3.05, 3.63) is 0 Å². The molecule has 0 aromatic heterocycles.